The number of hydrogen-bond donors (Lipinski definition) is 0. The van der Waals surface area contributed by atoms with Crippen LogP contribution >= 0.6 is 11.6 Å². The fraction of sp³-hybridized carbons (Fsp3) is 0.182. The number of ether oxygens (including phenoxy) is 1. The lowest BCUT2D eigenvalue weighted by Gasteiger charge is -2.06. The zero-order valence-corrected chi connectivity index (χ0v) is 8.80. The number of pyridine rings is 1. The number of hydrogen-bond acceptors (Lipinski definition) is 2. The van der Waals surface area contributed by atoms with Crippen molar-refractivity contribution in [2.45, 2.75) is 6.92 Å². The first-order valence-corrected chi connectivity index (χ1v) is 4.69. The minimum Gasteiger partial charge on any atom is -0.496 e. The Balaban J connectivity index is 2.73. The summed E-state index contributed by atoms with van der Waals surface area (Å²) in [6, 6.07) is 7.65. The molecule has 0 aliphatic rings. The van der Waals surface area contributed by atoms with Gasteiger partial charge in [0.2, 0.25) is 0 Å². The van der Waals surface area contributed by atoms with Crippen molar-refractivity contribution in [3.63, 3.8) is 0 Å². The number of benzene rings is 1. The number of halogens is 1. The molecule has 0 aliphatic carbocycles. The van der Waals surface area contributed by atoms with E-state index in [-0.39, 0.29) is 0 Å². The highest BCUT2D eigenvalue weighted by molar-refractivity contribution is 6.29. The van der Waals surface area contributed by atoms with Gasteiger partial charge in [-0.15, -0.1) is 0 Å². The second-order valence-electron chi connectivity index (χ2n) is 3.15. The molecule has 0 atom stereocenters. The molecular weight excluding hydrogens is 198 g/mol. The van der Waals surface area contributed by atoms with Gasteiger partial charge in [-0.25, -0.2) is 4.98 Å². The Morgan fingerprint density at radius 2 is 2.07 bits per heavy atom. The molecule has 0 fully saturated rings. The van der Waals surface area contributed by atoms with Crippen LogP contribution in [-0.2, 0) is 0 Å². The summed E-state index contributed by atoms with van der Waals surface area (Å²) in [5.74, 6) is 0.877. The number of nitrogens with zero attached hydrogens (tertiary/aromatic N) is 1. The van der Waals surface area contributed by atoms with E-state index < -0.39 is 0 Å². The van der Waals surface area contributed by atoms with E-state index in [1.54, 1.807) is 13.2 Å². The molecule has 2 aromatic rings. The van der Waals surface area contributed by atoms with Gasteiger partial charge >= 0.3 is 0 Å². The standard InChI is InChI=1S/C11H10ClNO/c1-7-5-9-8(6-10(7)14-2)3-4-11(12)13-9/h3-6H,1-2H3. The molecule has 0 aliphatic heterocycles. The van der Waals surface area contributed by atoms with Crippen molar-refractivity contribution in [1.29, 1.82) is 0 Å². The van der Waals surface area contributed by atoms with Gasteiger partial charge in [-0.2, -0.15) is 0 Å². The van der Waals surface area contributed by atoms with Crippen LogP contribution in [0.25, 0.3) is 10.9 Å². The largest absolute Gasteiger partial charge is 0.496 e. The highest BCUT2D eigenvalue weighted by Crippen LogP contribution is 2.24. The Morgan fingerprint density at radius 3 is 2.79 bits per heavy atom. The maximum Gasteiger partial charge on any atom is 0.129 e. The van der Waals surface area contributed by atoms with E-state index in [1.165, 1.54) is 0 Å². The third-order valence-electron chi connectivity index (χ3n) is 2.17. The van der Waals surface area contributed by atoms with Gasteiger partial charge in [0.15, 0.2) is 0 Å². The highest BCUT2D eigenvalue weighted by Gasteiger charge is 2.02. The lowest BCUT2D eigenvalue weighted by atomic mass is 10.1. The van der Waals surface area contributed by atoms with Crippen molar-refractivity contribution in [1.82, 2.24) is 4.98 Å². The van der Waals surface area contributed by atoms with Crippen molar-refractivity contribution >= 4 is 22.5 Å². The number of aryl methyl sites for hydroxylation is 1. The van der Waals surface area contributed by atoms with Gasteiger partial charge in [0.05, 0.1) is 12.6 Å². The lowest BCUT2D eigenvalue weighted by Crippen LogP contribution is -1.88. The molecule has 2 rings (SSSR count). The van der Waals surface area contributed by atoms with Crippen LogP contribution in [0.15, 0.2) is 24.3 Å². The smallest absolute Gasteiger partial charge is 0.129 e. The average molecular weight is 208 g/mol. The summed E-state index contributed by atoms with van der Waals surface area (Å²) < 4.78 is 5.22. The monoisotopic (exact) mass is 207 g/mol. The third-order valence-corrected chi connectivity index (χ3v) is 2.38. The van der Waals surface area contributed by atoms with E-state index >= 15 is 0 Å². The van der Waals surface area contributed by atoms with Crippen LogP contribution in [0.3, 0.4) is 0 Å². The molecule has 1 heterocycles. The van der Waals surface area contributed by atoms with Crippen molar-refractivity contribution in [2.75, 3.05) is 7.11 Å². The van der Waals surface area contributed by atoms with Crippen LogP contribution < -0.4 is 4.74 Å². The summed E-state index contributed by atoms with van der Waals surface area (Å²) in [7, 11) is 1.66. The molecule has 2 nitrogen and oxygen atoms in total. The molecule has 3 heteroatoms. The van der Waals surface area contributed by atoms with Crippen molar-refractivity contribution in [3.8, 4) is 5.75 Å². The summed E-state index contributed by atoms with van der Waals surface area (Å²) in [5.41, 5.74) is 1.96. The Labute approximate surface area is 87.5 Å². The lowest BCUT2D eigenvalue weighted by molar-refractivity contribution is 0.412. The fourth-order valence-corrected chi connectivity index (χ4v) is 1.60. The predicted octanol–water partition coefficient (Wildman–Crippen LogP) is 3.21. The molecule has 1 aromatic carbocycles. The Kier molecular flexibility index (Phi) is 2.30. The minimum atomic E-state index is 0.516. The normalized spacial score (nSPS) is 10.5. The van der Waals surface area contributed by atoms with Gasteiger partial charge in [-0.05, 0) is 36.8 Å². The van der Waals surface area contributed by atoms with E-state index in [0.717, 1.165) is 22.2 Å². The molecule has 0 N–H and O–H groups in total. The molecule has 0 bridgehead atoms. The van der Waals surface area contributed by atoms with E-state index in [4.69, 9.17) is 16.3 Å². The van der Waals surface area contributed by atoms with E-state index in [2.05, 4.69) is 4.98 Å². The van der Waals surface area contributed by atoms with Gasteiger partial charge < -0.3 is 4.74 Å². The maximum atomic E-state index is 5.80. The van der Waals surface area contributed by atoms with Gasteiger partial charge in [0, 0.05) is 5.39 Å². The SMILES string of the molecule is COc1cc2ccc(Cl)nc2cc1C. The predicted molar refractivity (Wildman–Crippen MR) is 58.0 cm³/mol. The van der Waals surface area contributed by atoms with E-state index in [1.807, 2.05) is 25.1 Å². The molecule has 14 heavy (non-hydrogen) atoms. The summed E-state index contributed by atoms with van der Waals surface area (Å²) >= 11 is 5.80. The Morgan fingerprint density at radius 1 is 1.29 bits per heavy atom. The van der Waals surface area contributed by atoms with E-state index in [9.17, 15) is 0 Å². The number of fused-ring (bicyclic) bond motifs is 1. The van der Waals surface area contributed by atoms with Gasteiger partial charge in [-0.1, -0.05) is 11.6 Å². The van der Waals surface area contributed by atoms with Crippen LogP contribution in [0.5, 0.6) is 5.75 Å². The fourth-order valence-electron chi connectivity index (χ4n) is 1.45. The van der Waals surface area contributed by atoms with E-state index in [0.29, 0.717) is 5.15 Å². The molecule has 72 valence electrons. The van der Waals surface area contributed by atoms with Crippen LogP contribution in [0.4, 0.5) is 0 Å². The molecule has 0 unspecified atom stereocenters. The van der Waals surface area contributed by atoms with Crippen molar-refractivity contribution in [2.24, 2.45) is 0 Å². The van der Waals surface area contributed by atoms with Crippen molar-refractivity contribution < 1.29 is 4.74 Å². The molecule has 1 aromatic heterocycles. The second kappa shape index (κ2) is 3.46. The van der Waals surface area contributed by atoms with Gasteiger partial charge in [-0.3, -0.25) is 0 Å². The first-order valence-electron chi connectivity index (χ1n) is 4.31. The van der Waals surface area contributed by atoms with Crippen LogP contribution in [-0.4, -0.2) is 12.1 Å². The third kappa shape index (κ3) is 1.53. The molecule has 0 amide bonds. The first kappa shape index (κ1) is 9.28. The topological polar surface area (TPSA) is 22.1 Å². The summed E-state index contributed by atoms with van der Waals surface area (Å²) in [6.45, 7) is 1.99. The first-order chi connectivity index (χ1) is 6.70. The second-order valence-corrected chi connectivity index (χ2v) is 3.54. The summed E-state index contributed by atoms with van der Waals surface area (Å²) in [4.78, 5) is 4.22. The minimum absolute atomic E-state index is 0.516. The van der Waals surface area contributed by atoms with Crippen LogP contribution in [0.1, 0.15) is 5.56 Å². The molecule has 0 spiro atoms. The summed E-state index contributed by atoms with van der Waals surface area (Å²) in [6.07, 6.45) is 0. The maximum absolute atomic E-state index is 5.80. The number of rotatable bonds is 1. The molecule has 0 saturated heterocycles. The van der Waals surface area contributed by atoms with Crippen molar-refractivity contribution in [3.05, 3.63) is 35.0 Å². The Bertz CT molecular complexity index is 482. The zero-order chi connectivity index (χ0) is 10.1. The number of aromatic nitrogens is 1. The van der Waals surface area contributed by atoms with Crippen LogP contribution in [0, 0.1) is 6.92 Å². The van der Waals surface area contributed by atoms with Gasteiger partial charge in [0.1, 0.15) is 10.9 Å². The quantitative estimate of drug-likeness (QED) is 0.670. The molecular formula is C11H10ClNO. The summed E-state index contributed by atoms with van der Waals surface area (Å²) in [5, 5.41) is 1.55. The zero-order valence-electron chi connectivity index (χ0n) is 8.04. The Hall–Kier alpha value is -1.28. The average Bonchev–Trinajstić information content (AvgIpc) is 2.16. The highest BCUT2D eigenvalue weighted by atomic mass is 35.5. The number of methoxy groups -OCH3 is 1. The van der Waals surface area contributed by atoms with Crippen LogP contribution in [0.2, 0.25) is 5.15 Å². The van der Waals surface area contributed by atoms with Gasteiger partial charge in [0.25, 0.3) is 0 Å². The molecule has 0 radical (unpaired) electrons. The molecule has 0 saturated carbocycles.